The molecule has 21 heavy (non-hydrogen) atoms. The van der Waals surface area contributed by atoms with Gasteiger partial charge in [-0.25, -0.2) is 0 Å². The molecule has 1 aromatic rings. The summed E-state index contributed by atoms with van der Waals surface area (Å²) in [5.41, 5.74) is 6.23. The molecule has 1 amide bonds. The Morgan fingerprint density at radius 1 is 1.33 bits per heavy atom. The predicted molar refractivity (Wildman–Crippen MR) is 80.5 cm³/mol. The van der Waals surface area contributed by atoms with Crippen LogP contribution in [-0.4, -0.2) is 46.8 Å². The number of nitrogens with two attached hydrogens (primary N) is 2. The smallest absolute Gasteiger partial charge is 0.255 e. The summed E-state index contributed by atoms with van der Waals surface area (Å²) in [6.45, 7) is 3.04. The van der Waals surface area contributed by atoms with E-state index in [4.69, 9.17) is 15.2 Å². The summed E-state index contributed by atoms with van der Waals surface area (Å²) < 4.78 is 10.6. The summed E-state index contributed by atoms with van der Waals surface area (Å²) in [5.74, 6) is 0.661. The van der Waals surface area contributed by atoms with E-state index in [9.17, 15) is 4.79 Å². The molecule has 0 heterocycles. The van der Waals surface area contributed by atoms with Crippen molar-refractivity contribution >= 4 is 5.91 Å². The maximum atomic E-state index is 10.7. The molecule has 0 unspecified atom stereocenters. The summed E-state index contributed by atoms with van der Waals surface area (Å²) in [7, 11) is 5.91. The van der Waals surface area contributed by atoms with Gasteiger partial charge in [0, 0.05) is 12.0 Å². The maximum absolute atomic E-state index is 10.7. The highest BCUT2D eigenvalue weighted by molar-refractivity contribution is 5.75. The highest BCUT2D eigenvalue weighted by atomic mass is 16.5. The zero-order chi connectivity index (χ0) is 15.7. The van der Waals surface area contributed by atoms with Gasteiger partial charge < -0.3 is 25.4 Å². The summed E-state index contributed by atoms with van der Waals surface area (Å²) in [6.07, 6.45) is 1.19. The lowest BCUT2D eigenvalue weighted by Gasteiger charge is -2.11. The third-order valence-electron chi connectivity index (χ3n) is 3.06. The quantitative estimate of drug-likeness (QED) is 0.444. The van der Waals surface area contributed by atoms with Crippen LogP contribution in [0, 0.1) is 0 Å². The zero-order valence-corrected chi connectivity index (χ0v) is 13.1. The van der Waals surface area contributed by atoms with Crippen LogP contribution in [-0.2, 0) is 11.3 Å². The molecule has 0 aromatic heterocycles. The van der Waals surface area contributed by atoms with Crippen LogP contribution in [0.25, 0.3) is 0 Å². The highest BCUT2D eigenvalue weighted by Gasteiger charge is 2.08. The van der Waals surface area contributed by atoms with Gasteiger partial charge in [0.2, 0.25) is 0 Å². The molecule has 5 N–H and O–H groups in total. The lowest BCUT2D eigenvalue weighted by Crippen LogP contribution is -3.06. The van der Waals surface area contributed by atoms with Gasteiger partial charge in [-0.2, -0.15) is 0 Å². The molecule has 1 rings (SSSR count). The number of benzene rings is 1. The molecule has 1 aromatic carbocycles. The molecule has 0 saturated carbocycles. The molecule has 0 bridgehead atoms. The molecule has 0 aliphatic carbocycles. The van der Waals surface area contributed by atoms with E-state index in [2.05, 4.69) is 19.4 Å². The van der Waals surface area contributed by atoms with E-state index < -0.39 is 5.91 Å². The Labute approximate surface area is 126 Å². The molecule has 118 valence electrons. The van der Waals surface area contributed by atoms with E-state index in [-0.39, 0.29) is 6.61 Å². The summed E-state index contributed by atoms with van der Waals surface area (Å²) in [5, 5.41) is 2.28. The minimum atomic E-state index is -0.502. The van der Waals surface area contributed by atoms with E-state index in [1.807, 2.05) is 18.2 Å². The van der Waals surface area contributed by atoms with Crippen molar-refractivity contribution in [3.63, 3.8) is 0 Å². The number of hydrogen-bond donors (Lipinski definition) is 3. The topological polar surface area (TPSA) is 82.6 Å². The molecule has 6 nitrogen and oxygen atoms in total. The van der Waals surface area contributed by atoms with E-state index in [0.29, 0.717) is 11.5 Å². The van der Waals surface area contributed by atoms with E-state index in [0.717, 1.165) is 18.7 Å². The number of carbonyl (C=O) groups excluding carboxylic acids is 1. The van der Waals surface area contributed by atoms with Crippen molar-refractivity contribution in [3.05, 3.63) is 23.8 Å². The zero-order valence-electron chi connectivity index (χ0n) is 13.1. The Bertz CT molecular complexity index is 450. The molecule has 0 aliphatic heterocycles. The average Bonchev–Trinajstić information content (AvgIpc) is 2.44. The lowest BCUT2D eigenvalue weighted by molar-refractivity contribution is -0.860. The molecule has 0 atom stereocenters. The number of quaternary nitrogens is 2. The number of hydrogen-bond acceptors (Lipinski definition) is 3. The second kappa shape index (κ2) is 9.20. The number of methoxy groups -OCH3 is 1. The minimum absolute atomic E-state index is 0.144. The number of nitrogens with one attached hydrogen (secondary N) is 1. The van der Waals surface area contributed by atoms with Crippen molar-refractivity contribution in [1.82, 2.24) is 0 Å². The van der Waals surface area contributed by atoms with Gasteiger partial charge in [0.1, 0.15) is 6.54 Å². The number of ether oxygens (including phenoxy) is 2. The van der Waals surface area contributed by atoms with Crippen LogP contribution in [0.5, 0.6) is 11.5 Å². The Morgan fingerprint density at radius 3 is 2.71 bits per heavy atom. The normalized spacial score (nSPS) is 10.7. The van der Waals surface area contributed by atoms with Crippen LogP contribution in [0.4, 0.5) is 0 Å². The predicted octanol–water partition coefficient (Wildman–Crippen LogP) is -1.84. The van der Waals surface area contributed by atoms with Crippen molar-refractivity contribution in [2.75, 3.05) is 40.9 Å². The van der Waals surface area contributed by atoms with Gasteiger partial charge in [-0.05, 0) is 18.2 Å². The van der Waals surface area contributed by atoms with E-state index >= 15 is 0 Å². The fraction of sp³-hybridized carbons (Fsp3) is 0.533. The van der Waals surface area contributed by atoms with Crippen molar-refractivity contribution in [2.24, 2.45) is 5.73 Å². The van der Waals surface area contributed by atoms with Crippen molar-refractivity contribution in [3.8, 4) is 11.5 Å². The van der Waals surface area contributed by atoms with Crippen LogP contribution in [0.1, 0.15) is 12.0 Å². The molecule has 0 spiro atoms. The van der Waals surface area contributed by atoms with Gasteiger partial charge in [0.05, 0.1) is 34.3 Å². The van der Waals surface area contributed by atoms with Crippen molar-refractivity contribution in [1.29, 1.82) is 0 Å². The van der Waals surface area contributed by atoms with Gasteiger partial charge in [-0.15, -0.1) is 0 Å². The van der Waals surface area contributed by atoms with Crippen molar-refractivity contribution < 1.29 is 24.5 Å². The first-order chi connectivity index (χ1) is 10.0. The summed E-state index contributed by atoms with van der Waals surface area (Å²) in [4.78, 5) is 12.2. The fourth-order valence-electron chi connectivity index (χ4n) is 1.98. The Kier molecular flexibility index (Phi) is 7.56. The first kappa shape index (κ1) is 17.3. The van der Waals surface area contributed by atoms with Crippen LogP contribution in [0.3, 0.4) is 0 Å². The van der Waals surface area contributed by atoms with Crippen molar-refractivity contribution in [2.45, 2.75) is 13.0 Å². The van der Waals surface area contributed by atoms with E-state index in [1.54, 1.807) is 7.11 Å². The number of primary amides is 1. The SMILES string of the molecule is COc1cc(C[NH2+]CCC[NH+](C)C)ccc1OCC(N)=O. The molecule has 0 radical (unpaired) electrons. The van der Waals surface area contributed by atoms with Gasteiger partial charge >= 0.3 is 0 Å². The Balaban J connectivity index is 2.47. The van der Waals surface area contributed by atoms with Crippen LogP contribution in [0.2, 0.25) is 0 Å². The second-order valence-electron chi connectivity index (χ2n) is 5.33. The summed E-state index contributed by atoms with van der Waals surface area (Å²) >= 11 is 0. The van der Waals surface area contributed by atoms with Gasteiger partial charge in [-0.1, -0.05) is 0 Å². The first-order valence-electron chi connectivity index (χ1n) is 7.21. The van der Waals surface area contributed by atoms with Gasteiger partial charge in [0.25, 0.3) is 5.91 Å². The van der Waals surface area contributed by atoms with Gasteiger partial charge in [0.15, 0.2) is 18.1 Å². The molecular weight excluding hydrogens is 270 g/mol. The average molecular weight is 297 g/mol. The monoisotopic (exact) mass is 297 g/mol. The number of carbonyl (C=O) groups is 1. The molecule has 0 saturated heterocycles. The Morgan fingerprint density at radius 2 is 2.10 bits per heavy atom. The fourth-order valence-corrected chi connectivity index (χ4v) is 1.98. The minimum Gasteiger partial charge on any atom is -0.493 e. The number of rotatable bonds is 10. The summed E-state index contributed by atoms with van der Waals surface area (Å²) in [6, 6.07) is 5.73. The standard InChI is InChI=1S/C15H25N3O3/c1-18(2)8-4-7-17-10-12-5-6-13(14(9-12)20-3)21-11-15(16)19/h5-6,9,17H,4,7-8,10-11H2,1-3H3,(H2,16,19)/p+2. The first-order valence-corrected chi connectivity index (χ1v) is 7.21. The van der Waals surface area contributed by atoms with Gasteiger partial charge in [-0.3, -0.25) is 4.79 Å². The lowest BCUT2D eigenvalue weighted by atomic mass is 10.2. The molecule has 0 fully saturated rings. The largest absolute Gasteiger partial charge is 0.493 e. The maximum Gasteiger partial charge on any atom is 0.255 e. The third-order valence-corrected chi connectivity index (χ3v) is 3.06. The second-order valence-corrected chi connectivity index (χ2v) is 5.33. The molecular formula is C15H27N3O3+2. The van der Waals surface area contributed by atoms with Crippen LogP contribution < -0.4 is 25.4 Å². The van der Waals surface area contributed by atoms with Crippen LogP contribution in [0.15, 0.2) is 18.2 Å². The highest BCUT2D eigenvalue weighted by Crippen LogP contribution is 2.27. The number of amides is 1. The van der Waals surface area contributed by atoms with Crippen LogP contribution >= 0.6 is 0 Å². The van der Waals surface area contributed by atoms with E-state index in [1.165, 1.54) is 17.9 Å². The molecule has 0 aliphatic rings. The molecule has 6 heteroatoms. The third kappa shape index (κ3) is 6.97. The Hall–Kier alpha value is -1.79.